The molecule has 4 nitrogen and oxygen atoms in total. The van der Waals surface area contributed by atoms with Gasteiger partial charge in [0.2, 0.25) is 0 Å². The molecule has 1 amide bonds. The van der Waals surface area contributed by atoms with Crippen LogP contribution in [0, 0.1) is 0 Å². The number of aliphatic hydroxyl groups excluding tert-OH is 1. The monoisotopic (exact) mass is 301 g/mol. The van der Waals surface area contributed by atoms with E-state index in [1.807, 2.05) is 5.32 Å². The molecule has 0 radical (unpaired) electrons. The van der Waals surface area contributed by atoms with Gasteiger partial charge in [-0.2, -0.15) is 13.2 Å². The number of carbonyl (C=O) groups is 1. The Hall–Kier alpha value is -1.02. The first-order valence-corrected chi connectivity index (χ1v) is 4.88. The molecular formula is C8H7BrF3NO3. The van der Waals surface area contributed by atoms with Gasteiger partial charge in [-0.25, -0.2) is 0 Å². The lowest BCUT2D eigenvalue weighted by Gasteiger charge is -2.14. The third-order valence-electron chi connectivity index (χ3n) is 1.63. The minimum absolute atomic E-state index is 0.138. The first kappa shape index (κ1) is 13.0. The minimum atomic E-state index is -4.75. The summed E-state index contributed by atoms with van der Waals surface area (Å²) in [5, 5.41) is 10.5. The first-order chi connectivity index (χ1) is 7.30. The number of carbonyl (C=O) groups excluding carboxylic acids is 1. The first-order valence-electron chi connectivity index (χ1n) is 4.09. The summed E-state index contributed by atoms with van der Waals surface area (Å²) < 4.78 is 40.7. The van der Waals surface area contributed by atoms with Crippen molar-refractivity contribution in [3.05, 3.63) is 22.6 Å². The summed E-state index contributed by atoms with van der Waals surface area (Å²) in [5.74, 6) is -0.963. The van der Waals surface area contributed by atoms with Crippen LogP contribution in [-0.2, 0) is 0 Å². The van der Waals surface area contributed by atoms with Gasteiger partial charge < -0.3 is 14.8 Å². The summed E-state index contributed by atoms with van der Waals surface area (Å²) in [7, 11) is 0. The molecule has 1 aromatic heterocycles. The van der Waals surface area contributed by atoms with Crippen molar-refractivity contribution in [2.45, 2.75) is 12.3 Å². The van der Waals surface area contributed by atoms with E-state index in [0.29, 0.717) is 0 Å². The van der Waals surface area contributed by atoms with Gasteiger partial charge in [-0.1, -0.05) is 0 Å². The lowest BCUT2D eigenvalue weighted by atomic mass is 10.3. The molecule has 1 unspecified atom stereocenters. The van der Waals surface area contributed by atoms with Crippen LogP contribution in [0.5, 0.6) is 0 Å². The quantitative estimate of drug-likeness (QED) is 0.893. The molecule has 1 atom stereocenters. The van der Waals surface area contributed by atoms with E-state index in [4.69, 9.17) is 9.52 Å². The van der Waals surface area contributed by atoms with Crippen LogP contribution < -0.4 is 5.32 Å². The van der Waals surface area contributed by atoms with E-state index < -0.39 is 24.7 Å². The van der Waals surface area contributed by atoms with Crippen molar-refractivity contribution >= 4 is 21.8 Å². The third-order valence-corrected chi connectivity index (χ3v) is 2.06. The number of halogens is 4. The molecule has 16 heavy (non-hydrogen) atoms. The molecule has 2 N–H and O–H groups in total. The molecule has 90 valence electrons. The highest BCUT2D eigenvalue weighted by Gasteiger charge is 2.38. The van der Waals surface area contributed by atoms with Crippen LogP contribution in [0.15, 0.2) is 21.2 Å². The van der Waals surface area contributed by atoms with Crippen molar-refractivity contribution in [2.24, 2.45) is 0 Å². The Bertz CT molecular complexity index is 377. The zero-order chi connectivity index (χ0) is 12.3. The Morgan fingerprint density at radius 2 is 2.19 bits per heavy atom. The number of nitrogens with one attached hydrogen (secondary N) is 1. The van der Waals surface area contributed by atoms with Crippen LogP contribution in [0.2, 0.25) is 0 Å². The molecular weight excluding hydrogens is 295 g/mol. The third kappa shape index (κ3) is 3.53. The van der Waals surface area contributed by atoms with Crippen LogP contribution >= 0.6 is 15.9 Å². The summed E-state index contributed by atoms with van der Waals surface area (Å²) in [6, 6.07) is 2.72. The van der Waals surface area contributed by atoms with E-state index in [0.717, 1.165) is 0 Å². The number of furan rings is 1. The highest BCUT2D eigenvalue weighted by Crippen LogP contribution is 2.19. The highest BCUT2D eigenvalue weighted by molar-refractivity contribution is 9.10. The van der Waals surface area contributed by atoms with Crippen molar-refractivity contribution in [3.8, 4) is 0 Å². The van der Waals surface area contributed by atoms with Crippen molar-refractivity contribution in [1.82, 2.24) is 5.32 Å². The van der Waals surface area contributed by atoms with E-state index in [1.54, 1.807) is 0 Å². The summed E-state index contributed by atoms with van der Waals surface area (Å²) in [6.45, 7) is -0.916. The molecule has 0 aromatic carbocycles. The zero-order valence-corrected chi connectivity index (χ0v) is 9.30. The molecule has 0 aliphatic carbocycles. The number of hydrogen-bond donors (Lipinski definition) is 2. The van der Waals surface area contributed by atoms with Crippen LogP contribution in [0.1, 0.15) is 10.6 Å². The Labute approximate surface area is 96.6 Å². The van der Waals surface area contributed by atoms with Crippen LogP contribution in [-0.4, -0.2) is 29.8 Å². The number of amides is 1. The van der Waals surface area contributed by atoms with E-state index in [-0.39, 0.29) is 10.4 Å². The van der Waals surface area contributed by atoms with E-state index in [9.17, 15) is 18.0 Å². The number of alkyl halides is 3. The summed E-state index contributed by atoms with van der Waals surface area (Å²) in [6.07, 6.45) is -7.34. The summed E-state index contributed by atoms with van der Waals surface area (Å²) in [5.41, 5.74) is 0. The normalized spacial score (nSPS) is 13.6. The summed E-state index contributed by atoms with van der Waals surface area (Å²) in [4.78, 5) is 11.2. The second-order valence-electron chi connectivity index (χ2n) is 2.87. The predicted octanol–water partition coefficient (Wildman–Crippen LogP) is 1.70. The lowest BCUT2D eigenvalue weighted by Crippen LogP contribution is -2.40. The van der Waals surface area contributed by atoms with Crippen molar-refractivity contribution in [2.75, 3.05) is 6.54 Å². The second-order valence-corrected chi connectivity index (χ2v) is 3.65. The number of rotatable bonds is 3. The molecule has 0 saturated heterocycles. The van der Waals surface area contributed by atoms with E-state index >= 15 is 0 Å². The Kier molecular flexibility index (Phi) is 3.98. The molecule has 0 saturated carbocycles. The van der Waals surface area contributed by atoms with Gasteiger partial charge in [-0.3, -0.25) is 4.79 Å². The zero-order valence-electron chi connectivity index (χ0n) is 7.71. The maximum atomic E-state index is 11.9. The molecule has 1 rings (SSSR count). The fourth-order valence-corrected chi connectivity index (χ4v) is 1.14. The summed E-state index contributed by atoms with van der Waals surface area (Å²) >= 11 is 2.94. The topological polar surface area (TPSA) is 62.5 Å². The smallest absolute Gasteiger partial charge is 0.416 e. The average Bonchev–Trinajstić information content (AvgIpc) is 2.59. The van der Waals surface area contributed by atoms with Crippen molar-refractivity contribution < 1.29 is 27.5 Å². The predicted molar refractivity (Wildman–Crippen MR) is 50.8 cm³/mol. The highest BCUT2D eigenvalue weighted by atomic mass is 79.9. The largest absolute Gasteiger partial charge is 0.444 e. The fraction of sp³-hybridized carbons (Fsp3) is 0.375. The van der Waals surface area contributed by atoms with Gasteiger partial charge in [0.1, 0.15) is 0 Å². The van der Waals surface area contributed by atoms with Crippen molar-refractivity contribution in [1.29, 1.82) is 0 Å². The number of hydrogen-bond acceptors (Lipinski definition) is 3. The second kappa shape index (κ2) is 4.88. The SMILES string of the molecule is O=C(NCC(O)C(F)(F)F)c1ccc(Br)o1. The van der Waals surface area contributed by atoms with Gasteiger partial charge in [-0.15, -0.1) is 0 Å². The average molecular weight is 302 g/mol. The van der Waals surface area contributed by atoms with Gasteiger partial charge >= 0.3 is 6.18 Å². The Morgan fingerprint density at radius 1 is 1.56 bits per heavy atom. The maximum absolute atomic E-state index is 11.9. The molecule has 1 heterocycles. The van der Waals surface area contributed by atoms with Gasteiger partial charge in [0.25, 0.3) is 5.91 Å². The van der Waals surface area contributed by atoms with E-state index in [2.05, 4.69) is 15.9 Å². The Morgan fingerprint density at radius 3 is 2.62 bits per heavy atom. The van der Waals surface area contributed by atoms with Gasteiger partial charge in [0.05, 0.1) is 6.54 Å². The lowest BCUT2D eigenvalue weighted by molar-refractivity contribution is -0.201. The van der Waals surface area contributed by atoms with Gasteiger partial charge in [-0.05, 0) is 28.1 Å². The fourth-order valence-electron chi connectivity index (χ4n) is 0.829. The Balaban J connectivity index is 2.48. The van der Waals surface area contributed by atoms with Crippen LogP contribution in [0.25, 0.3) is 0 Å². The van der Waals surface area contributed by atoms with Gasteiger partial charge in [0, 0.05) is 0 Å². The number of aliphatic hydroxyl groups is 1. The standard InChI is InChI=1S/C8H7BrF3NO3/c9-6-2-1-4(16-6)7(15)13-3-5(14)8(10,11)12/h1-2,5,14H,3H2,(H,13,15). The molecule has 0 aliphatic rings. The maximum Gasteiger partial charge on any atom is 0.416 e. The van der Waals surface area contributed by atoms with Crippen LogP contribution in [0.3, 0.4) is 0 Å². The molecule has 0 aliphatic heterocycles. The minimum Gasteiger partial charge on any atom is -0.444 e. The molecule has 1 aromatic rings. The van der Waals surface area contributed by atoms with E-state index in [1.165, 1.54) is 12.1 Å². The molecule has 0 spiro atoms. The van der Waals surface area contributed by atoms with Gasteiger partial charge in [0.15, 0.2) is 16.5 Å². The molecule has 0 fully saturated rings. The molecule has 0 bridgehead atoms. The van der Waals surface area contributed by atoms with Crippen LogP contribution in [0.4, 0.5) is 13.2 Å². The van der Waals surface area contributed by atoms with Crippen molar-refractivity contribution in [3.63, 3.8) is 0 Å². The molecule has 8 heteroatoms.